The molecule has 4 rings (SSSR count). The van der Waals surface area contributed by atoms with Gasteiger partial charge < -0.3 is 9.32 Å². The molecule has 0 aliphatic carbocycles. The molecule has 0 bridgehead atoms. The van der Waals surface area contributed by atoms with E-state index in [1.54, 1.807) is 12.1 Å². The van der Waals surface area contributed by atoms with Gasteiger partial charge >= 0.3 is 0 Å². The number of likely N-dealkylation sites (tertiary alicyclic amines) is 1. The second kappa shape index (κ2) is 8.93. The van der Waals surface area contributed by atoms with Crippen molar-refractivity contribution in [3.05, 3.63) is 65.5 Å². The molecule has 6 heteroatoms. The lowest BCUT2D eigenvalue weighted by Crippen LogP contribution is -2.37. The average molecular weight is 397 g/mol. The molecule has 1 aliphatic heterocycles. The molecule has 0 saturated carbocycles. The van der Waals surface area contributed by atoms with Crippen LogP contribution in [0.2, 0.25) is 0 Å². The maximum Gasteiger partial charge on any atom is 0.123 e. The number of rotatable bonds is 7. The zero-order chi connectivity index (χ0) is 20.2. The summed E-state index contributed by atoms with van der Waals surface area (Å²) in [6.07, 6.45) is 4.25. The van der Waals surface area contributed by atoms with E-state index < -0.39 is 0 Å². The Bertz CT molecular complexity index is 926. The Hall–Kier alpha value is -2.44. The zero-order valence-corrected chi connectivity index (χ0v) is 17.2. The lowest BCUT2D eigenvalue weighted by Gasteiger charge is -2.33. The van der Waals surface area contributed by atoms with Crippen molar-refractivity contribution in [3.8, 4) is 11.3 Å². The topological polar surface area (TPSA) is 48.3 Å². The van der Waals surface area contributed by atoms with Gasteiger partial charge in [0.05, 0.1) is 18.4 Å². The predicted molar refractivity (Wildman–Crippen MR) is 112 cm³/mol. The molecule has 1 fully saturated rings. The largest absolute Gasteiger partial charge is 0.465 e. The summed E-state index contributed by atoms with van der Waals surface area (Å²) in [4.78, 5) is 4.83. The van der Waals surface area contributed by atoms with Gasteiger partial charge in [-0.05, 0) is 70.1 Å². The van der Waals surface area contributed by atoms with Crippen LogP contribution in [0.15, 0.2) is 47.0 Å². The molecule has 29 heavy (non-hydrogen) atoms. The van der Waals surface area contributed by atoms with Gasteiger partial charge in [-0.25, -0.2) is 4.39 Å². The molecule has 1 saturated heterocycles. The maximum atomic E-state index is 13.6. The van der Waals surface area contributed by atoms with E-state index in [0.29, 0.717) is 5.92 Å². The number of aromatic amines is 1. The smallest absolute Gasteiger partial charge is 0.123 e. The molecular formula is C23H29FN4O. The van der Waals surface area contributed by atoms with Crippen molar-refractivity contribution in [1.29, 1.82) is 0 Å². The van der Waals surface area contributed by atoms with Crippen LogP contribution in [0.1, 0.15) is 29.9 Å². The zero-order valence-electron chi connectivity index (χ0n) is 17.2. The van der Waals surface area contributed by atoms with Gasteiger partial charge in [0.25, 0.3) is 0 Å². The van der Waals surface area contributed by atoms with Crippen molar-refractivity contribution >= 4 is 0 Å². The van der Waals surface area contributed by atoms with Gasteiger partial charge in [-0.3, -0.25) is 10.00 Å². The van der Waals surface area contributed by atoms with Crippen LogP contribution >= 0.6 is 0 Å². The fourth-order valence-electron chi connectivity index (χ4n) is 4.24. The van der Waals surface area contributed by atoms with Crippen molar-refractivity contribution in [3.63, 3.8) is 0 Å². The minimum Gasteiger partial charge on any atom is -0.465 e. The summed E-state index contributed by atoms with van der Waals surface area (Å²) in [6.45, 7) is 6.97. The molecule has 0 amide bonds. The van der Waals surface area contributed by atoms with Crippen LogP contribution in [0.3, 0.4) is 0 Å². The molecule has 0 atom stereocenters. The van der Waals surface area contributed by atoms with E-state index in [9.17, 15) is 4.39 Å². The average Bonchev–Trinajstić information content (AvgIpc) is 3.32. The van der Waals surface area contributed by atoms with Crippen LogP contribution in [0.25, 0.3) is 11.3 Å². The SMILES string of the molecule is Cc1ccc(CN2CCC(CN(C)Cc3cn[nH]c3-c3cccc(F)c3)CC2)o1. The Morgan fingerprint density at radius 3 is 2.79 bits per heavy atom. The van der Waals surface area contributed by atoms with E-state index in [0.717, 1.165) is 61.1 Å². The highest BCUT2D eigenvalue weighted by atomic mass is 19.1. The van der Waals surface area contributed by atoms with Crippen molar-refractivity contribution in [2.24, 2.45) is 5.92 Å². The molecule has 5 nitrogen and oxygen atoms in total. The first-order valence-corrected chi connectivity index (χ1v) is 10.3. The quantitative estimate of drug-likeness (QED) is 0.641. The normalized spacial score (nSPS) is 16.0. The maximum absolute atomic E-state index is 13.6. The second-order valence-electron chi connectivity index (χ2n) is 8.21. The highest BCUT2D eigenvalue weighted by molar-refractivity contribution is 5.62. The highest BCUT2D eigenvalue weighted by Gasteiger charge is 2.22. The van der Waals surface area contributed by atoms with Crippen LogP contribution in [0.5, 0.6) is 0 Å². The van der Waals surface area contributed by atoms with E-state index in [2.05, 4.69) is 33.1 Å². The third kappa shape index (κ3) is 5.14. The van der Waals surface area contributed by atoms with Gasteiger partial charge in [0.2, 0.25) is 0 Å². The fraction of sp³-hybridized carbons (Fsp3) is 0.435. The molecular weight excluding hydrogens is 367 g/mol. The first-order valence-electron chi connectivity index (χ1n) is 10.3. The number of aromatic nitrogens is 2. The summed E-state index contributed by atoms with van der Waals surface area (Å²) in [5.41, 5.74) is 2.84. The summed E-state index contributed by atoms with van der Waals surface area (Å²) in [6, 6.07) is 10.8. The predicted octanol–water partition coefficient (Wildman–Crippen LogP) is 4.46. The van der Waals surface area contributed by atoms with Gasteiger partial charge in [0.15, 0.2) is 0 Å². The molecule has 3 aromatic rings. The molecule has 1 N–H and O–H groups in total. The van der Waals surface area contributed by atoms with Crippen molar-refractivity contribution in [1.82, 2.24) is 20.0 Å². The molecule has 154 valence electrons. The number of halogens is 1. The lowest BCUT2D eigenvalue weighted by molar-refractivity contribution is 0.140. The molecule has 0 unspecified atom stereocenters. The number of furan rings is 1. The third-order valence-corrected chi connectivity index (χ3v) is 5.72. The van der Waals surface area contributed by atoms with Crippen LogP contribution < -0.4 is 0 Å². The Labute approximate surface area is 171 Å². The lowest BCUT2D eigenvalue weighted by atomic mass is 9.96. The Morgan fingerprint density at radius 1 is 1.24 bits per heavy atom. The Balaban J connectivity index is 1.28. The minimum absolute atomic E-state index is 0.229. The number of hydrogen-bond donors (Lipinski definition) is 1. The van der Waals surface area contributed by atoms with Crippen molar-refractivity contribution < 1.29 is 8.81 Å². The van der Waals surface area contributed by atoms with Crippen LogP contribution in [-0.4, -0.2) is 46.7 Å². The summed E-state index contributed by atoms with van der Waals surface area (Å²) < 4.78 is 19.3. The van der Waals surface area contributed by atoms with Gasteiger partial charge in [-0.1, -0.05) is 12.1 Å². The van der Waals surface area contributed by atoms with Crippen LogP contribution in [0, 0.1) is 18.7 Å². The van der Waals surface area contributed by atoms with E-state index in [-0.39, 0.29) is 5.82 Å². The number of aryl methyl sites for hydroxylation is 1. The van der Waals surface area contributed by atoms with E-state index >= 15 is 0 Å². The summed E-state index contributed by atoms with van der Waals surface area (Å²) in [7, 11) is 2.15. The number of nitrogens with zero attached hydrogens (tertiary/aromatic N) is 3. The first kappa shape index (κ1) is 19.9. The molecule has 1 aromatic carbocycles. The number of hydrogen-bond acceptors (Lipinski definition) is 4. The monoisotopic (exact) mass is 396 g/mol. The van der Waals surface area contributed by atoms with E-state index in [1.165, 1.54) is 18.9 Å². The van der Waals surface area contributed by atoms with Crippen LogP contribution in [-0.2, 0) is 13.1 Å². The van der Waals surface area contributed by atoms with Crippen LogP contribution in [0.4, 0.5) is 4.39 Å². The second-order valence-corrected chi connectivity index (χ2v) is 8.21. The molecule has 0 spiro atoms. The van der Waals surface area contributed by atoms with E-state index in [1.807, 2.05) is 25.3 Å². The molecule has 2 aromatic heterocycles. The highest BCUT2D eigenvalue weighted by Crippen LogP contribution is 2.25. The standard InChI is InChI=1S/C23H29FN4O/c1-17-6-7-22(29-17)16-28-10-8-18(9-11-28)14-27(2)15-20-13-25-26-23(20)19-4-3-5-21(24)12-19/h3-7,12-13,18H,8-11,14-16H2,1-2H3,(H,25,26). The molecule has 3 heterocycles. The number of piperidine rings is 1. The van der Waals surface area contributed by atoms with Gasteiger partial charge in [-0.2, -0.15) is 5.10 Å². The van der Waals surface area contributed by atoms with Gasteiger partial charge in [0, 0.05) is 24.2 Å². The summed E-state index contributed by atoms with van der Waals surface area (Å²) >= 11 is 0. The van der Waals surface area contributed by atoms with Gasteiger partial charge in [-0.15, -0.1) is 0 Å². The molecule has 1 aliphatic rings. The van der Waals surface area contributed by atoms with Crippen molar-refractivity contribution in [2.75, 3.05) is 26.7 Å². The Morgan fingerprint density at radius 2 is 2.07 bits per heavy atom. The van der Waals surface area contributed by atoms with Gasteiger partial charge in [0.1, 0.15) is 17.3 Å². The number of nitrogens with one attached hydrogen (secondary N) is 1. The molecule has 0 radical (unpaired) electrons. The third-order valence-electron chi connectivity index (χ3n) is 5.72. The Kier molecular flexibility index (Phi) is 6.11. The minimum atomic E-state index is -0.229. The fourth-order valence-corrected chi connectivity index (χ4v) is 4.24. The number of benzene rings is 1. The summed E-state index contributed by atoms with van der Waals surface area (Å²) in [5.74, 6) is 2.50. The number of H-pyrrole nitrogens is 1. The van der Waals surface area contributed by atoms with E-state index in [4.69, 9.17) is 4.42 Å². The summed E-state index contributed by atoms with van der Waals surface area (Å²) in [5, 5.41) is 7.22. The van der Waals surface area contributed by atoms with Crippen molar-refractivity contribution in [2.45, 2.75) is 32.9 Å². The first-order chi connectivity index (χ1) is 14.1.